The summed E-state index contributed by atoms with van der Waals surface area (Å²) in [5, 5.41) is 27.6. The highest BCUT2D eigenvalue weighted by molar-refractivity contribution is 6.12. The number of unbranched alkanes of at least 4 members (excludes halogenated alkanes) is 1. The molecule has 3 aliphatic heterocycles. The molecule has 19 nitrogen and oxygen atoms in total. The number of nitrogens with two attached hydrogens (primary N) is 1. The van der Waals surface area contributed by atoms with Crippen LogP contribution in [0.5, 0.6) is 5.75 Å². The van der Waals surface area contributed by atoms with Gasteiger partial charge in [0.05, 0.1) is 43.8 Å². The van der Waals surface area contributed by atoms with Gasteiger partial charge in [-0.05, 0) is 43.5 Å². The highest BCUT2D eigenvalue weighted by atomic mass is 16.5. The van der Waals surface area contributed by atoms with E-state index in [4.69, 9.17) is 20.3 Å². The summed E-state index contributed by atoms with van der Waals surface area (Å²) in [6.45, 7) is 12.3. The van der Waals surface area contributed by atoms with Crippen molar-refractivity contribution in [2.45, 2.75) is 45.4 Å². The molecule has 0 aliphatic carbocycles. The number of aliphatic imine (C=N–C) groups is 1. The standard InChI is InChI=1S/C39H57N13O6/c1-28-24-29(4-5-31(28)53)35-34-36(40)46-27-47-37(34)52(48-35)12-3-2-8-42-32(54)6-20-57-22-11-43-38(56)30-25-44-39(45-26-30)51-17-15-49(16-18-51)19-23-58-21-7-33(55)50-13-9-41-10-14-50/h4-5,24-27,39,41,44,53H,2-3,6-23H2,1H3,(H,42,54)(H,43,56)(H2,40,46,47). The molecule has 1 unspecified atom stereocenters. The van der Waals surface area contributed by atoms with E-state index in [0.717, 1.165) is 82.9 Å². The van der Waals surface area contributed by atoms with Crippen molar-refractivity contribution in [3.05, 3.63) is 41.9 Å². The molecule has 7 N–H and O–H groups in total. The van der Waals surface area contributed by atoms with Crippen LogP contribution in [0.25, 0.3) is 22.3 Å². The molecule has 1 atom stereocenters. The van der Waals surface area contributed by atoms with Crippen LogP contribution in [0.1, 0.15) is 31.2 Å². The number of benzene rings is 1. The zero-order valence-corrected chi connectivity index (χ0v) is 33.3. The van der Waals surface area contributed by atoms with E-state index in [9.17, 15) is 19.5 Å². The molecular formula is C39H57N13O6. The SMILES string of the molecule is Cc1cc(-c2nn(CCCCNC(=O)CCOCCNC(=O)C3=CNC(N4CCN(CCOCCC(=O)N5CCNCC5)CC4)N=C3)c3ncnc(N)c23)ccc1O. The van der Waals surface area contributed by atoms with Gasteiger partial charge in [0.2, 0.25) is 11.8 Å². The van der Waals surface area contributed by atoms with E-state index in [1.54, 1.807) is 29.2 Å². The average molecular weight is 804 g/mol. The fourth-order valence-electron chi connectivity index (χ4n) is 6.98. The highest BCUT2D eigenvalue weighted by Gasteiger charge is 2.25. The van der Waals surface area contributed by atoms with Gasteiger partial charge in [0.1, 0.15) is 23.6 Å². The van der Waals surface area contributed by atoms with Gasteiger partial charge in [-0.25, -0.2) is 14.6 Å². The van der Waals surface area contributed by atoms with Gasteiger partial charge >= 0.3 is 0 Å². The van der Waals surface area contributed by atoms with Gasteiger partial charge in [0.25, 0.3) is 5.91 Å². The second-order valence-electron chi connectivity index (χ2n) is 14.5. The van der Waals surface area contributed by atoms with Gasteiger partial charge in [-0.15, -0.1) is 0 Å². The fourth-order valence-corrected chi connectivity index (χ4v) is 6.98. The smallest absolute Gasteiger partial charge is 0.254 e. The Hall–Kier alpha value is -5.21. The molecule has 0 saturated carbocycles. The number of nitrogens with zero attached hydrogens (tertiary/aromatic N) is 8. The third-order valence-corrected chi connectivity index (χ3v) is 10.4. The number of phenols is 1. The van der Waals surface area contributed by atoms with Crippen LogP contribution in [0.15, 0.2) is 41.3 Å². The van der Waals surface area contributed by atoms with Gasteiger partial charge in [-0.1, -0.05) is 0 Å². The van der Waals surface area contributed by atoms with Crippen LogP contribution >= 0.6 is 0 Å². The summed E-state index contributed by atoms with van der Waals surface area (Å²) in [6.07, 6.45) is 6.62. The van der Waals surface area contributed by atoms with E-state index in [0.29, 0.717) is 67.4 Å². The van der Waals surface area contributed by atoms with Crippen LogP contribution in [0.2, 0.25) is 0 Å². The molecule has 0 radical (unpaired) electrons. The van der Waals surface area contributed by atoms with Crippen LogP contribution in [0.3, 0.4) is 0 Å². The van der Waals surface area contributed by atoms with E-state index in [1.807, 2.05) is 17.9 Å². The Morgan fingerprint density at radius 2 is 1.72 bits per heavy atom. The number of carbonyl (C=O) groups excluding carboxylic acids is 3. The third-order valence-electron chi connectivity index (χ3n) is 10.4. The van der Waals surface area contributed by atoms with E-state index >= 15 is 0 Å². The molecule has 58 heavy (non-hydrogen) atoms. The summed E-state index contributed by atoms with van der Waals surface area (Å²) in [4.78, 5) is 56.9. The van der Waals surface area contributed by atoms with Crippen LogP contribution in [0, 0.1) is 6.92 Å². The Balaban J connectivity index is 0.775. The first kappa shape index (κ1) is 42.4. The van der Waals surface area contributed by atoms with E-state index < -0.39 is 0 Å². The molecule has 2 saturated heterocycles. The molecule has 3 aromatic rings. The molecule has 19 heteroatoms. The lowest BCUT2D eigenvalue weighted by Gasteiger charge is -2.38. The Kier molecular flexibility index (Phi) is 15.7. The maximum absolute atomic E-state index is 12.6. The molecule has 5 heterocycles. The van der Waals surface area contributed by atoms with E-state index in [2.05, 4.69) is 46.0 Å². The topological polar surface area (TPSA) is 230 Å². The highest BCUT2D eigenvalue weighted by Crippen LogP contribution is 2.32. The number of piperazine rings is 2. The second-order valence-corrected chi connectivity index (χ2v) is 14.5. The Bertz CT molecular complexity index is 1910. The first-order chi connectivity index (χ1) is 28.3. The summed E-state index contributed by atoms with van der Waals surface area (Å²) >= 11 is 0. The lowest BCUT2D eigenvalue weighted by molar-refractivity contribution is -0.133. The number of nitrogens with one attached hydrogen (secondary N) is 4. The van der Waals surface area contributed by atoms with E-state index in [1.165, 1.54) is 6.33 Å². The van der Waals surface area contributed by atoms with Crippen molar-refractivity contribution in [2.24, 2.45) is 4.99 Å². The number of hydrogen-bond donors (Lipinski definition) is 6. The van der Waals surface area contributed by atoms with Crippen molar-refractivity contribution >= 4 is 40.8 Å². The van der Waals surface area contributed by atoms with Crippen molar-refractivity contribution in [3.63, 3.8) is 0 Å². The summed E-state index contributed by atoms with van der Waals surface area (Å²) < 4.78 is 13.1. The maximum atomic E-state index is 12.6. The molecule has 3 aliphatic rings. The number of ether oxygens (including phenoxy) is 2. The number of fused-ring (bicyclic) bond motifs is 1. The number of aromatic hydroxyl groups is 1. The minimum Gasteiger partial charge on any atom is -0.508 e. The average Bonchev–Trinajstić information content (AvgIpc) is 3.62. The quantitative estimate of drug-likeness (QED) is 0.0814. The fraction of sp³-hybridized carbons (Fsp3) is 0.564. The lowest BCUT2D eigenvalue weighted by Crippen LogP contribution is -2.54. The molecule has 314 valence electrons. The largest absolute Gasteiger partial charge is 0.508 e. The number of rotatable bonds is 20. The Labute approximate surface area is 338 Å². The predicted octanol–water partition coefficient (Wildman–Crippen LogP) is -0.194. The van der Waals surface area contributed by atoms with Gasteiger partial charge in [-0.2, -0.15) is 5.10 Å². The number of aryl methyl sites for hydroxylation is 2. The first-order valence-corrected chi connectivity index (χ1v) is 20.2. The van der Waals surface area contributed by atoms with Gasteiger partial charge in [-0.3, -0.25) is 29.2 Å². The molecule has 2 fully saturated rings. The van der Waals surface area contributed by atoms with Crippen LogP contribution in [0.4, 0.5) is 5.82 Å². The van der Waals surface area contributed by atoms with Gasteiger partial charge in [0.15, 0.2) is 11.9 Å². The summed E-state index contributed by atoms with van der Waals surface area (Å²) in [5.74, 6) is 0.354. The number of amides is 3. The number of nitrogen functional groups attached to an aromatic ring is 1. The number of aromatic nitrogens is 4. The molecule has 0 spiro atoms. The minimum atomic E-state index is -0.249. The molecular weight excluding hydrogens is 747 g/mol. The number of carbonyl (C=O) groups is 3. The van der Waals surface area contributed by atoms with Crippen LogP contribution in [-0.2, 0) is 30.4 Å². The van der Waals surface area contributed by atoms with Crippen LogP contribution < -0.4 is 27.0 Å². The number of anilines is 1. The monoisotopic (exact) mass is 803 g/mol. The normalized spacial score (nSPS) is 17.6. The first-order valence-electron chi connectivity index (χ1n) is 20.2. The van der Waals surface area contributed by atoms with Crippen molar-refractivity contribution in [1.29, 1.82) is 0 Å². The maximum Gasteiger partial charge on any atom is 0.254 e. The number of hydrogen-bond acceptors (Lipinski definition) is 15. The second kappa shape index (κ2) is 21.5. The van der Waals surface area contributed by atoms with Gasteiger partial charge in [0, 0.05) is 103 Å². The zero-order chi connectivity index (χ0) is 40.7. The van der Waals surface area contributed by atoms with Crippen molar-refractivity contribution in [3.8, 4) is 17.0 Å². The van der Waals surface area contributed by atoms with Crippen molar-refractivity contribution in [1.82, 2.24) is 55.7 Å². The number of phenolic OH excluding ortho intramolecular Hbond substituents is 1. The summed E-state index contributed by atoms with van der Waals surface area (Å²) in [5.41, 5.74) is 9.47. The summed E-state index contributed by atoms with van der Waals surface area (Å²) in [6, 6.07) is 5.28. The lowest BCUT2D eigenvalue weighted by atomic mass is 10.1. The zero-order valence-electron chi connectivity index (χ0n) is 33.3. The molecule has 2 aromatic heterocycles. The Morgan fingerprint density at radius 3 is 2.50 bits per heavy atom. The van der Waals surface area contributed by atoms with E-state index in [-0.39, 0.29) is 49.4 Å². The molecule has 6 rings (SSSR count). The molecule has 0 bridgehead atoms. The van der Waals surface area contributed by atoms with Crippen molar-refractivity contribution < 1.29 is 29.0 Å². The molecule has 3 amide bonds. The Morgan fingerprint density at radius 1 is 0.931 bits per heavy atom. The van der Waals surface area contributed by atoms with Crippen LogP contribution in [-0.4, -0.2) is 168 Å². The predicted molar refractivity (Wildman–Crippen MR) is 219 cm³/mol. The van der Waals surface area contributed by atoms with Crippen molar-refractivity contribution in [2.75, 3.05) is 104 Å². The minimum absolute atomic E-state index is 0.107. The van der Waals surface area contributed by atoms with Gasteiger partial charge < -0.3 is 46.5 Å². The molecule has 1 aromatic carbocycles. The summed E-state index contributed by atoms with van der Waals surface area (Å²) in [7, 11) is 0. The third kappa shape index (κ3) is 11.9.